The minimum Gasteiger partial charge on any atom is -0.340 e. The number of carbonyl (C=O) groups is 1. The molecule has 2 aromatic rings. The molecule has 3 nitrogen and oxygen atoms in total. The minimum atomic E-state index is 0.0575. The fourth-order valence-corrected chi connectivity index (χ4v) is 2.51. The van der Waals surface area contributed by atoms with Crippen molar-refractivity contribution in [3.8, 4) is 11.1 Å². The number of nitrogens with one attached hydrogen (secondary N) is 1. The molecule has 0 aliphatic rings. The van der Waals surface area contributed by atoms with Crippen molar-refractivity contribution in [2.75, 3.05) is 27.2 Å². The zero-order chi connectivity index (χ0) is 16.8. The molecule has 0 aliphatic carbocycles. The van der Waals surface area contributed by atoms with Crippen LogP contribution >= 0.6 is 0 Å². The van der Waals surface area contributed by atoms with Gasteiger partial charge < -0.3 is 10.2 Å². The highest BCUT2D eigenvalue weighted by Gasteiger charge is 2.12. The van der Waals surface area contributed by atoms with E-state index in [-0.39, 0.29) is 5.91 Å². The lowest BCUT2D eigenvalue weighted by atomic mass is 9.96. The van der Waals surface area contributed by atoms with E-state index in [0.717, 1.165) is 23.2 Å². The average molecular weight is 310 g/mol. The lowest BCUT2D eigenvalue weighted by molar-refractivity contribution is 0.0797. The molecular weight excluding hydrogens is 284 g/mol. The van der Waals surface area contributed by atoms with Gasteiger partial charge >= 0.3 is 0 Å². The number of rotatable bonds is 6. The maximum absolute atomic E-state index is 12.5. The Morgan fingerprint density at radius 1 is 1.09 bits per heavy atom. The molecule has 0 saturated heterocycles. The van der Waals surface area contributed by atoms with Gasteiger partial charge in [0.25, 0.3) is 5.91 Å². The third-order valence-electron chi connectivity index (χ3n) is 4.04. The lowest BCUT2D eigenvalue weighted by Gasteiger charge is -2.17. The maximum Gasteiger partial charge on any atom is 0.253 e. The van der Waals surface area contributed by atoms with Gasteiger partial charge in [-0.05, 0) is 41.8 Å². The summed E-state index contributed by atoms with van der Waals surface area (Å²) in [4.78, 5) is 14.3. The quantitative estimate of drug-likeness (QED) is 0.881. The van der Waals surface area contributed by atoms with E-state index >= 15 is 0 Å². The number of hydrogen-bond acceptors (Lipinski definition) is 2. The summed E-state index contributed by atoms with van der Waals surface area (Å²) in [6.45, 7) is 5.87. The Bertz CT molecular complexity index is 664. The van der Waals surface area contributed by atoms with Crippen LogP contribution in [0.5, 0.6) is 0 Å². The summed E-state index contributed by atoms with van der Waals surface area (Å²) in [6, 6.07) is 16.4. The van der Waals surface area contributed by atoms with Crippen LogP contribution in [0, 0.1) is 0 Å². The van der Waals surface area contributed by atoms with Gasteiger partial charge in [0.15, 0.2) is 0 Å². The summed E-state index contributed by atoms with van der Waals surface area (Å²) >= 11 is 0. The summed E-state index contributed by atoms with van der Waals surface area (Å²) in [5, 5.41) is 3.07. The molecule has 0 fully saturated rings. The van der Waals surface area contributed by atoms with Crippen LogP contribution in [0.15, 0.2) is 48.5 Å². The molecule has 0 radical (unpaired) electrons. The van der Waals surface area contributed by atoms with E-state index in [4.69, 9.17) is 0 Å². The van der Waals surface area contributed by atoms with Gasteiger partial charge in [0, 0.05) is 25.7 Å². The summed E-state index contributed by atoms with van der Waals surface area (Å²) in [5.41, 5.74) is 4.28. The Hall–Kier alpha value is -2.13. The van der Waals surface area contributed by atoms with Crippen molar-refractivity contribution in [1.82, 2.24) is 10.2 Å². The third-order valence-corrected chi connectivity index (χ3v) is 4.04. The first-order valence-electron chi connectivity index (χ1n) is 8.13. The summed E-state index contributed by atoms with van der Waals surface area (Å²) < 4.78 is 0. The summed E-state index contributed by atoms with van der Waals surface area (Å²) in [6.07, 6.45) is 0. The largest absolute Gasteiger partial charge is 0.340 e. The average Bonchev–Trinajstić information content (AvgIpc) is 2.59. The molecule has 0 aromatic heterocycles. The van der Waals surface area contributed by atoms with Gasteiger partial charge in [-0.2, -0.15) is 0 Å². The zero-order valence-electron chi connectivity index (χ0n) is 14.5. The van der Waals surface area contributed by atoms with Crippen molar-refractivity contribution >= 4 is 5.91 Å². The predicted octanol–water partition coefficient (Wildman–Crippen LogP) is 3.77. The van der Waals surface area contributed by atoms with Gasteiger partial charge in [0.2, 0.25) is 0 Å². The van der Waals surface area contributed by atoms with E-state index in [1.54, 1.807) is 4.90 Å². The van der Waals surface area contributed by atoms with Crippen LogP contribution in [0.25, 0.3) is 11.1 Å². The standard InChI is InChI=1S/C20H26N2O/c1-15(2)16-7-5-8-17(13-16)18-9-6-10-19(14-18)20(23)22(4)12-11-21-3/h5-10,13-15,21H,11-12H2,1-4H3. The van der Waals surface area contributed by atoms with E-state index in [1.807, 2.05) is 32.3 Å². The van der Waals surface area contributed by atoms with Crippen LogP contribution in [0.2, 0.25) is 0 Å². The SMILES string of the molecule is CNCCN(C)C(=O)c1cccc(-c2cccc(C(C)C)c2)c1. The molecule has 0 spiro atoms. The third kappa shape index (κ3) is 4.42. The first-order chi connectivity index (χ1) is 11.0. The number of nitrogens with zero attached hydrogens (tertiary/aromatic N) is 1. The van der Waals surface area contributed by atoms with Crippen molar-refractivity contribution in [3.05, 3.63) is 59.7 Å². The van der Waals surface area contributed by atoms with Gasteiger partial charge in [0.1, 0.15) is 0 Å². The van der Waals surface area contributed by atoms with Crippen molar-refractivity contribution in [2.45, 2.75) is 19.8 Å². The molecule has 122 valence electrons. The summed E-state index contributed by atoms with van der Waals surface area (Å²) in [7, 11) is 3.73. The zero-order valence-corrected chi connectivity index (χ0v) is 14.5. The van der Waals surface area contributed by atoms with Gasteiger partial charge in [0.05, 0.1) is 0 Å². The monoisotopic (exact) mass is 310 g/mol. The van der Waals surface area contributed by atoms with Crippen molar-refractivity contribution in [1.29, 1.82) is 0 Å². The van der Waals surface area contributed by atoms with E-state index in [2.05, 4.69) is 49.5 Å². The first-order valence-corrected chi connectivity index (χ1v) is 8.13. The summed E-state index contributed by atoms with van der Waals surface area (Å²) in [5.74, 6) is 0.551. The molecule has 1 N–H and O–H groups in total. The van der Waals surface area contributed by atoms with E-state index in [9.17, 15) is 4.79 Å². The van der Waals surface area contributed by atoms with E-state index in [0.29, 0.717) is 12.5 Å². The molecule has 0 saturated carbocycles. The van der Waals surface area contributed by atoms with Crippen molar-refractivity contribution < 1.29 is 4.79 Å². The molecular formula is C20H26N2O. The topological polar surface area (TPSA) is 32.3 Å². The number of likely N-dealkylation sites (N-methyl/N-ethyl adjacent to an activating group) is 2. The van der Waals surface area contributed by atoms with Gasteiger partial charge in [-0.25, -0.2) is 0 Å². The van der Waals surface area contributed by atoms with Gasteiger partial charge in [-0.3, -0.25) is 4.79 Å². The molecule has 0 unspecified atom stereocenters. The Labute approximate surface area is 139 Å². The number of carbonyl (C=O) groups excluding carboxylic acids is 1. The number of amides is 1. The second-order valence-electron chi connectivity index (χ2n) is 6.19. The molecule has 0 aliphatic heterocycles. The van der Waals surface area contributed by atoms with Crippen molar-refractivity contribution in [3.63, 3.8) is 0 Å². The highest BCUT2D eigenvalue weighted by molar-refractivity contribution is 5.95. The molecule has 2 aromatic carbocycles. The fourth-order valence-electron chi connectivity index (χ4n) is 2.51. The highest BCUT2D eigenvalue weighted by Crippen LogP contribution is 2.25. The number of hydrogen-bond donors (Lipinski definition) is 1. The predicted molar refractivity (Wildman–Crippen MR) is 96.9 cm³/mol. The Morgan fingerprint density at radius 2 is 1.74 bits per heavy atom. The van der Waals surface area contributed by atoms with Gasteiger partial charge in [-0.1, -0.05) is 50.2 Å². The first kappa shape index (κ1) is 17.2. The second-order valence-corrected chi connectivity index (χ2v) is 6.19. The smallest absolute Gasteiger partial charge is 0.253 e. The molecule has 0 heterocycles. The Kier molecular flexibility index (Phi) is 5.94. The van der Waals surface area contributed by atoms with Crippen LogP contribution in [0.4, 0.5) is 0 Å². The maximum atomic E-state index is 12.5. The lowest BCUT2D eigenvalue weighted by Crippen LogP contribution is -2.32. The fraction of sp³-hybridized carbons (Fsp3) is 0.350. The minimum absolute atomic E-state index is 0.0575. The molecule has 23 heavy (non-hydrogen) atoms. The number of benzene rings is 2. The Balaban J connectivity index is 2.26. The van der Waals surface area contributed by atoms with E-state index < -0.39 is 0 Å². The highest BCUT2D eigenvalue weighted by atomic mass is 16.2. The van der Waals surface area contributed by atoms with Crippen LogP contribution < -0.4 is 5.32 Å². The van der Waals surface area contributed by atoms with Crippen LogP contribution in [0.3, 0.4) is 0 Å². The molecule has 0 atom stereocenters. The second kappa shape index (κ2) is 7.93. The van der Waals surface area contributed by atoms with Crippen LogP contribution in [-0.4, -0.2) is 38.0 Å². The van der Waals surface area contributed by atoms with E-state index in [1.165, 1.54) is 5.56 Å². The molecule has 3 heteroatoms. The normalized spacial score (nSPS) is 10.8. The molecule has 2 rings (SSSR count). The molecule has 0 bridgehead atoms. The van der Waals surface area contributed by atoms with Gasteiger partial charge in [-0.15, -0.1) is 0 Å². The Morgan fingerprint density at radius 3 is 2.39 bits per heavy atom. The van der Waals surface area contributed by atoms with Crippen molar-refractivity contribution in [2.24, 2.45) is 0 Å². The van der Waals surface area contributed by atoms with Crippen LogP contribution in [0.1, 0.15) is 35.7 Å². The van der Waals surface area contributed by atoms with Crippen LogP contribution in [-0.2, 0) is 0 Å². The molecule has 1 amide bonds.